The van der Waals surface area contributed by atoms with Crippen LogP contribution in [-0.2, 0) is 20.6 Å². The summed E-state index contributed by atoms with van der Waals surface area (Å²) in [5.41, 5.74) is -0.347. The molecule has 0 fully saturated rings. The quantitative estimate of drug-likeness (QED) is 0.883. The number of aromatic nitrogens is 2. The fourth-order valence-electron chi connectivity index (χ4n) is 2.18. The minimum absolute atomic E-state index is 0.0627. The van der Waals surface area contributed by atoms with Crippen LogP contribution in [0.5, 0.6) is 11.5 Å². The standard InChI is InChI=1S/C15H18FN3O4/c1-18-8-9(14(20)19(2)15(18)21)7-17-11-6-13(23-4)12(22-3)5-10(11)16/h5-6,8,17H,7H2,1-4H3. The van der Waals surface area contributed by atoms with E-state index in [9.17, 15) is 14.0 Å². The lowest BCUT2D eigenvalue weighted by molar-refractivity contribution is 0.352. The molecular formula is C15H18FN3O4. The Hall–Kier alpha value is -2.77. The number of hydrogen-bond acceptors (Lipinski definition) is 5. The summed E-state index contributed by atoms with van der Waals surface area (Å²) in [6, 6.07) is 2.64. The number of nitrogens with zero attached hydrogens (tertiary/aromatic N) is 2. The van der Waals surface area contributed by atoms with Crippen LogP contribution in [0.15, 0.2) is 27.9 Å². The molecule has 1 N–H and O–H groups in total. The molecule has 0 saturated heterocycles. The third-order valence-electron chi connectivity index (χ3n) is 3.46. The van der Waals surface area contributed by atoms with Crippen LogP contribution < -0.4 is 26.0 Å². The first-order chi connectivity index (χ1) is 10.9. The van der Waals surface area contributed by atoms with Gasteiger partial charge in [-0.05, 0) is 0 Å². The third-order valence-corrected chi connectivity index (χ3v) is 3.46. The van der Waals surface area contributed by atoms with E-state index < -0.39 is 17.1 Å². The van der Waals surface area contributed by atoms with Crippen LogP contribution in [0.4, 0.5) is 10.1 Å². The minimum Gasteiger partial charge on any atom is -0.493 e. The Morgan fingerprint density at radius 1 is 1.13 bits per heavy atom. The number of ether oxygens (including phenoxy) is 2. The van der Waals surface area contributed by atoms with Crippen LogP contribution in [0.2, 0.25) is 0 Å². The predicted molar refractivity (Wildman–Crippen MR) is 83.8 cm³/mol. The molecule has 7 nitrogen and oxygen atoms in total. The zero-order chi connectivity index (χ0) is 17.1. The number of halogens is 1. The fraction of sp³-hybridized carbons (Fsp3) is 0.333. The molecule has 0 amide bonds. The number of nitrogens with one attached hydrogen (secondary N) is 1. The smallest absolute Gasteiger partial charge is 0.330 e. The highest BCUT2D eigenvalue weighted by Gasteiger charge is 2.12. The summed E-state index contributed by atoms with van der Waals surface area (Å²) >= 11 is 0. The van der Waals surface area contributed by atoms with Gasteiger partial charge in [0.15, 0.2) is 11.5 Å². The molecule has 0 bridgehead atoms. The maximum absolute atomic E-state index is 14.0. The maximum atomic E-state index is 14.0. The highest BCUT2D eigenvalue weighted by Crippen LogP contribution is 2.32. The van der Waals surface area contributed by atoms with Gasteiger partial charge in [0, 0.05) is 39.0 Å². The van der Waals surface area contributed by atoms with E-state index in [4.69, 9.17) is 9.47 Å². The highest BCUT2D eigenvalue weighted by atomic mass is 19.1. The number of anilines is 1. The van der Waals surface area contributed by atoms with Gasteiger partial charge >= 0.3 is 5.69 Å². The first kappa shape index (κ1) is 16.6. The molecule has 1 heterocycles. The summed E-state index contributed by atoms with van der Waals surface area (Å²) < 4.78 is 26.5. The molecule has 0 spiro atoms. The van der Waals surface area contributed by atoms with Gasteiger partial charge < -0.3 is 19.4 Å². The Morgan fingerprint density at radius 2 is 1.74 bits per heavy atom. The second kappa shape index (κ2) is 6.55. The predicted octanol–water partition coefficient (Wildman–Crippen LogP) is 0.852. The highest BCUT2D eigenvalue weighted by molar-refractivity contribution is 5.56. The Bertz CT molecular complexity index is 842. The summed E-state index contributed by atoms with van der Waals surface area (Å²) in [4.78, 5) is 23.7. The van der Waals surface area contributed by atoms with Crippen molar-refractivity contribution in [1.82, 2.24) is 9.13 Å². The van der Waals surface area contributed by atoms with Crippen molar-refractivity contribution in [2.75, 3.05) is 19.5 Å². The van der Waals surface area contributed by atoms with Gasteiger partial charge in [0.1, 0.15) is 5.82 Å². The average Bonchev–Trinajstić information content (AvgIpc) is 2.55. The van der Waals surface area contributed by atoms with Gasteiger partial charge in [-0.15, -0.1) is 0 Å². The molecule has 124 valence electrons. The Balaban J connectivity index is 2.32. The van der Waals surface area contributed by atoms with Crippen LogP contribution in [-0.4, -0.2) is 23.4 Å². The Morgan fingerprint density at radius 3 is 2.35 bits per heavy atom. The molecule has 0 aliphatic carbocycles. The lowest BCUT2D eigenvalue weighted by Crippen LogP contribution is -2.38. The molecule has 0 saturated carbocycles. The number of methoxy groups -OCH3 is 2. The summed E-state index contributed by atoms with van der Waals surface area (Å²) in [5.74, 6) is 0.0997. The van der Waals surface area contributed by atoms with Crippen LogP contribution in [0.3, 0.4) is 0 Å². The lowest BCUT2D eigenvalue weighted by Gasteiger charge is -2.13. The van der Waals surface area contributed by atoms with Crippen LogP contribution in [0.25, 0.3) is 0 Å². The van der Waals surface area contributed by atoms with Gasteiger partial charge in [-0.2, -0.15) is 0 Å². The summed E-state index contributed by atoms with van der Waals surface area (Å²) in [6.07, 6.45) is 1.43. The van der Waals surface area contributed by atoms with E-state index in [0.29, 0.717) is 11.3 Å². The summed E-state index contributed by atoms with van der Waals surface area (Å²) in [6.45, 7) is 0.0627. The Kier molecular flexibility index (Phi) is 4.73. The van der Waals surface area contributed by atoms with Crippen molar-refractivity contribution in [3.05, 3.63) is 50.5 Å². The molecule has 0 aliphatic heterocycles. The molecule has 2 rings (SSSR count). The van der Waals surface area contributed by atoms with Crippen molar-refractivity contribution in [2.45, 2.75) is 6.54 Å². The van der Waals surface area contributed by atoms with Crippen LogP contribution in [0, 0.1) is 5.82 Å². The van der Waals surface area contributed by atoms with E-state index >= 15 is 0 Å². The maximum Gasteiger partial charge on any atom is 0.330 e. The zero-order valence-electron chi connectivity index (χ0n) is 13.3. The van der Waals surface area contributed by atoms with E-state index in [-0.39, 0.29) is 18.0 Å². The average molecular weight is 323 g/mol. The molecule has 1 aromatic heterocycles. The van der Waals surface area contributed by atoms with Crippen molar-refractivity contribution in [2.24, 2.45) is 14.1 Å². The molecule has 8 heteroatoms. The molecule has 0 unspecified atom stereocenters. The fourth-order valence-corrected chi connectivity index (χ4v) is 2.18. The van der Waals surface area contributed by atoms with E-state index in [1.54, 1.807) is 7.05 Å². The zero-order valence-corrected chi connectivity index (χ0v) is 13.3. The van der Waals surface area contributed by atoms with Gasteiger partial charge in [0.05, 0.1) is 25.5 Å². The molecule has 2 aromatic rings. The Labute approximate surface area is 131 Å². The van der Waals surface area contributed by atoms with Gasteiger partial charge in [0.2, 0.25) is 0 Å². The second-order valence-electron chi connectivity index (χ2n) is 4.95. The molecule has 0 radical (unpaired) electrons. The second-order valence-corrected chi connectivity index (χ2v) is 4.95. The lowest BCUT2D eigenvalue weighted by atomic mass is 10.2. The van der Waals surface area contributed by atoms with E-state index in [0.717, 1.165) is 4.57 Å². The summed E-state index contributed by atoms with van der Waals surface area (Å²) in [7, 11) is 5.80. The first-order valence-corrected chi connectivity index (χ1v) is 6.80. The molecule has 0 aliphatic rings. The normalized spacial score (nSPS) is 10.5. The van der Waals surface area contributed by atoms with Gasteiger partial charge in [-0.1, -0.05) is 0 Å². The van der Waals surface area contributed by atoms with Gasteiger partial charge in [-0.25, -0.2) is 9.18 Å². The number of aryl methyl sites for hydroxylation is 1. The largest absolute Gasteiger partial charge is 0.493 e. The number of hydrogen-bond donors (Lipinski definition) is 1. The molecule has 0 atom stereocenters. The third kappa shape index (κ3) is 3.20. The summed E-state index contributed by atoms with van der Waals surface area (Å²) in [5, 5.41) is 2.83. The van der Waals surface area contributed by atoms with Crippen molar-refractivity contribution in [3.63, 3.8) is 0 Å². The van der Waals surface area contributed by atoms with E-state index in [1.807, 2.05) is 0 Å². The van der Waals surface area contributed by atoms with Crippen molar-refractivity contribution < 1.29 is 13.9 Å². The minimum atomic E-state index is -0.538. The number of rotatable bonds is 5. The monoisotopic (exact) mass is 323 g/mol. The molecular weight excluding hydrogens is 305 g/mol. The topological polar surface area (TPSA) is 74.5 Å². The van der Waals surface area contributed by atoms with Crippen molar-refractivity contribution in [3.8, 4) is 11.5 Å². The first-order valence-electron chi connectivity index (χ1n) is 6.80. The van der Waals surface area contributed by atoms with Crippen molar-refractivity contribution in [1.29, 1.82) is 0 Å². The number of benzene rings is 1. The van der Waals surface area contributed by atoms with Gasteiger partial charge in [-0.3, -0.25) is 9.36 Å². The van der Waals surface area contributed by atoms with Crippen LogP contribution >= 0.6 is 0 Å². The van der Waals surface area contributed by atoms with Crippen molar-refractivity contribution >= 4 is 5.69 Å². The molecule has 1 aromatic carbocycles. The van der Waals surface area contributed by atoms with Gasteiger partial charge in [0.25, 0.3) is 5.56 Å². The van der Waals surface area contributed by atoms with Crippen LogP contribution in [0.1, 0.15) is 5.56 Å². The van der Waals surface area contributed by atoms with E-state index in [2.05, 4.69) is 5.32 Å². The molecule has 23 heavy (non-hydrogen) atoms. The van der Waals surface area contributed by atoms with E-state index in [1.165, 1.54) is 44.2 Å². The SMILES string of the molecule is COc1cc(F)c(NCc2cn(C)c(=O)n(C)c2=O)cc1OC.